The summed E-state index contributed by atoms with van der Waals surface area (Å²) in [5.74, 6) is 0.645. The monoisotopic (exact) mass is 421 g/mol. The lowest BCUT2D eigenvalue weighted by Gasteiger charge is -2.32. The van der Waals surface area contributed by atoms with Gasteiger partial charge in [0.05, 0.1) is 30.4 Å². The van der Waals surface area contributed by atoms with Crippen molar-refractivity contribution in [3.63, 3.8) is 0 Å². The van der Waals surface area contributed by atoms with E-state index in [1.165, 1.54) is 14.4 Å². The number of carbonyl (C=O) groups excluding carboxylic acids is 1. The number of thiazole rings is 2. The van der Waals surface area contributed by atoms with Gasteiger partial charge in [-0.1, -0.05) is 24.3 Å². The van der Waals surface area contributed by atoms with Crippen LogP contribution in [0.4, 0.5) is 0 Å². The molecule has 0 spiro atoms. The summed E-state index contributed by atoms with van der Waals surface area (Å²) in [7, 11) is 0. The molecule has 5 rings (SSSR count). The minimum Gasteiger partial charge on any atom is -0.342 e. The van der Waals surface area contributed by atoms with Crippen molar-refractivity contribution in [2.45, 2.75) is 38.0 Å². The number of amides is 1. The van der Waals surface area contributed by atoms with Crippen LogP contribution in [-0.4, -0.2) is 33.9 Å². The number of hydrogen-bond donors (Lipinski definition) is 0. The topological polar surface area (TPSA) is 46.1 Å². The number of piperidine rings is 1. The van der Waals surface area contributed by atoms with Crippen LogP contribution < -0.4 is 0 Å². The maximum absolute atomic E-state index is 12.8. The summed E-state index contributed by atoms with van der Waals surface area (Å²) >= 11 is 3.52. The van der Waals surface area contributed by atoms with Gasteiger partial charge in [-0.05, 0) is 49.9 Å². The maximum Gasteiger partial charge on any atom is 0.222 e. The van der Waals surface area contributed by atoms with Crippen molar-refractivity contribution in [2.24, 2.45) is 0 Å². The van der Waals surface area contributed by atoms with Gasteiger partial charge < -0.3 is 4.90 Å². The molecule has 29 heavy (non-hydrogen) atoms. The first kappa shape index (κ1) is 18.7. The van der Waals surface area contributed by atoms with Crippen LogP contribution in [0, 0.1) is 0 Å². The second-order valence-electron chi connectivity index (χ2n) is 7.63. The lowest BCUT2D eigenvalue weighted by Crippen LogP contribution is -2.39. The smallest absolute Gasteiger partial charge is 0.222 e. The number of benzene rings is 2. The summed E-state index contributed by atoms with van der Waals surface area (Å²) < 4.78 is 2.46. The third-order valence-corrected chi connectivity index (χ3v) is 7.85. The van der Waals surface area contributed by atoms with Crippen molar-refractivity contribution in [2.75, 3.05) is 13.1 Å². The SMILES string of the molecule is O=C(CCCc1nc2ccccc2s1)N1CCCC(c2nc3ccccc3s2)C1. The molecule has 1 amide bonds. The van der Waals surface area contributed by atoms with Crippen molar-refractivity contribution in [3.05, 3.63) is 58.5 Å². The van der Waals surface area contributed by atoms with Crippen molar-refractivity contribution in [1.29, 1.82) is 0 Å². The number of rotatable bonds is 5. The Labute approximate surface area is 178 Å². The molecule has 1 aliphatic heterocycles. The molecule has 4 aromatic rings. The summed E-state index contributed by atoms with van der Waals surface area (Å²) in [6, 6.07) is 16.5. The molecule has 1 fully saturated rings. The third-order valence-electron chi connectivity index (χ3n) is 5.55. The fourth-order valence-corrected chi connectivity index (χ4v) is 6.15. The van der Waals surface area contributed by atoms with E-state index in [9.17, 15) is 4.79 Å². The second kappa shape index (κ2) is 8.20. The highest BCUT2D eigenvalue weighted by Gasteiger charge is 2.26. The molecule has 0 aliphatic carbocycles. The number of carbonyl (C=O) groups is 1. The van der Waals surface area contributed by atoms with Crippen LogP contribution in [0.1, 0.15) is 41.6 Å². The normalized spacial score (nSPS) is 17.2. The highest BCUT2D eigenvalue weighted by atomic mass is 32.1. The van der Waals surface area contributed by atoms with Gasteiger partial charge in [0.15, 0.2) is 0 Å². The van der Waals surface area contributed by atoms with Crippen LogP contribution in [0.25, 0.3) is 20.4 Å². The van der Waals surface area contributed by atoms with Crippen molar-refractivity contribution in [3.8, 4) is 0 Å². The molecule has 1 atom stereocenters. The van der Waals surface area contributed by atoms with E-state index in [1.807, 2.05) is 18.2 Å². The summed E-state index contributed by atoms with van der Waals surface area (Å²) in [4.78, 5) is 24.4. The summed E-state index contributed by atoms with van der Waals surface area (Å²) in [5, 5.41) is 2.31. The molecule has 0 N–H and O–H groups in total. The van der Waals surface area contributed by atoms with Gasteiger partial charge >= 0.3 is 0 Å². The minimum atomic E-state index is 0.275. The fraction of sp³-hybridized carbons (Fsp3) is 0.348. The van der Waals surface area contributed by atoms with E-state index in [-0.39, 0.29) is 5.91 Å². The molecule has 6 heteroatoms. The Balaban J connectivity index is 1.18. The Hall–Kier alpha value is -2.31. The van der Waals surface area contributed by atoms with Crippen LogP contribution >= 0.6 is 22.7 Å². The van der Waals surface area contributed by atoms with Gasteiger partial charge in [0, 0.05) is 25.4 Å². The number of aromatic nitrogens is 2. The molecule has 2 aromatic carbocycles. The van der Waals surface area contributed by atoms with Gasteiger partial charge in [-0.3, -0.25) is 4.79 Å². The van der Waals surface area contributed by atoms with Crippen LogP contribution in [0.2, 0.25) is 0 Å². The Morgan fingerprint density at radius 2 is 1.72 bits per heavy atom. The second-order valence-corrected chi connectivity index (χ2v) is 9.81. The van der Waals surface area contributed by atoms with Gasteiger partial charge in [0.2, 0.25) is 5.91 Å². The molecule has 0 radical (unpaired) electrons. The van der Waals surface area contributed by atoms with E-state index in [0.717, 1.165) is 54.8 Å². The molecule has 1 aliphatic rings. The molecule has 1 unspecified atom stereocenters. The molecule has 148 valence electrons. The highest BCUT2D eigenvalue weighted by molar-refractivity contribution is 7.18. The molecule has 2 aromatic heterocycles. The lowest BCUT2D eigenvalue weighted by molar-refractivity contribution is -0.132. The average Bonchev–Trinajstić information content (AvgIpc) is 3.37. The number of hydrogen-bond acceptors (Lipinski definition) is 5. The van der Waals surface area contributed by atoms with Crippen LogP contribution in [0.15, 0.2) is 48.5 Å². The third kappa shape index (κ3) is 4.05. The van der Waals surface area contributed by atoms with E-state index in [1.54, 1.807) is 22.7 Å². The molecule has 0 saturated carbocycles. The maximum atomic E-state index is 12.8. The van der Waals surface area contributed by atoms with Crippen molar-refractivity contribution in [1.82, 2.24) is 14.9 Å². The Morgan fingerprint density at radius 1 is 1.00 bits per heavy atom. The summed E-state index contributed by atoms with van der Waals surface area (Å²) in [5.41, 5.74) is 2.14. The van der Waals surface area contributed by atoms with Crippen molar-refractivity contribution >= 4 is 49.0 Å². The van der Waals surface area contributed by atoms with E-state index in [4.69, 9.17) is 4.98 Å². The quantitative estimate of drug-likeness (QED) is 0.419. The van der Waals surface area contributed by atoms with E-state index in [0.29, 0.717) is 12.3 Å². The molecule has 3 heterocycles. The van der Waals surface area contributed by atoms with E-state index < -0.39 is 0 Å². The number of nitrogens with zero attached hydrogens (tertiary/aromatic N) is 3. The standard InChI is InChI=1S/C23H23N3OS2/c27-22(13-5-12-21-24-17-8-1-3-10-19(17)28-21)26-14-6-7-16(15-26)23-25-18-9-2-4-11-20(18)29-23/h1-4,8-11,16H,5-7,12-15H2. The molecule has 4 nitrogen and oxygen atoms in total. The predicted molar refractivity (Wildman–Crippen MR) is 121 cm³/mol. The molecule has 1 saturated heterocycles. The van der Waals surface area contributed by atoms with Gasteiger partial charge in [-0.2, -0.15) is 0 Å². The first-order chi connectivity index (χ1) is 14.3. The average molecular weight is 422 g/mol. The molecular weight excluding hydrogens is 398 g/mol. The van der Waals surface area contributed by atoms with Gasteiger partial charge in [0.25, 0.3) is 0 Å². The highest BCUT2D eigenvalue weighted by Crippen LogP contribution is 2.33. The Bertz CT molecular complexity index is 1080. The minimum absolute atomic E-state index is 0.275. The van der Waals surface area contributed by atoms with Gasteiger partial charge in [-0.25, -0.2) is 9.97 Å². The van der Waals surface area contributed by atoms with Crippen LogP contribution in [0.3, 0.4) is 0 Å². The summed E-state index contributed by atoms with van der Waals surface area (Å²) in [6.07, 6.45) is 4.52. The number of aryl methyl sites for hydroxylation is 1. The number of para-hydroxylation sites is 2. The molecular formula is C23H23N3OS2. The van der Waals surface area contributed by atoms with Gasteiger partial charge in [-0.15, -0.1) is 22.7 Å². The van der Waals surface area contributed by atoms with Crippen LogP contribution in [-0.2, 0) is 11.2 Å². The first-order valence-corrected chi connectivity index (χ1v) is 11.9. The van der Waals surface area contributed by atoms with E-state index >= 15 is 0 Å². The number of fused-ring (bicyclic) bond motifs is 2. The van der Waals surface area contributed by atoms with Crippen LogP contribution in [0.5, 0.6) is 0 Å². The lowest BCUT2D eigenvalue weighted by atomic mass is 9.98. The predicted octanol–water partition coefficient (Wildman–Crippen LogP) is 5.63. The zero-order valence-electron chi connectivity index (χ0n) is 16.2. The Morgan fingerprint density at radius 3 is 2.48 bits per heavy atom. The number of likely N-dealkylation sites (tertiary alicyclic amines) is 1. The largest absolute Gasteiger partial charge is 0.342 e. The Kier molecular flexibility index (Phi) is 5.29. The van der Waals surface area contributed by atoms with Gasteiger partial charge in [0.1, 0.15) is 0 Å². The zero-order chi connectivity index (χ0) is 19.6. The first-order valence-electron chi connectivity index (χ1n) is 10.2. The van der Waals surface area contributed by atoms with Crippen molar-refractivity contribution < 1.29 is 4.79 Å². The van der Waals surface area contributed by atoms with E-state index in [2.05, 4.69) is 40.2 Å². The fourth-order valence-electron chi connectivity index (χ4n) is 4.05. The summed E-state index contributed by atoms with van der Waals surface area (Å²) in [6.45, 7) is 1.68. The zero-order valence-corrected chi connectivity index (χ0v) is 17.8. The molecule has 0 bridgehead atoms.